The van der Waals surface area contributed by atoms with Gasteiger partial charge in [0.05, 0.1) is 16.4 Å². The lowest BCUT2D eigenvalue weighted by Crippen LogP contribution is -2.44. The van der Waals surface area contributed by atoms with Gasteiger partial charge in [0.2, 0.25) is 0 Å². The van der Waals surface area contributed by atoms with Gasteiger partial charge in [-0.3, -0.25) is 10.1 Å². The molecule has 0 aliphatic carbocycles. The average molecular weight is 541 g/mol. The van der Waals surface area contributed by atoms with Crippen molar-refractivity contribution >= 4 is 27.8 Å². The van der Waals surface area contributed by atoms with Crippen molar-refractivity contribution < 1.29 is 0 Å². The molecule has 6 rings (SSSR count). The number of hydrogen-bond donors (Lipinski definition) is 4. The van der Waals surface area contributed by atoms with Crippen LogP contribution in [0.5, 0.6) is 0 Å². The normalized spacial score (nSPS) is 14.3. The van der Waals surface area contributed by atoms with Gasteiger partial charge < -0.3 is 25.8 Å². The van der Waals surface area contributed by atoms with E-state index < -0.39 is 0 Å². The number of hydrogen-bond acceptors (Lipinski definition) is 8. The fourth-order valence-corrected chi connectivity index (χ4v) is 4.68. The molecule has 4 aromatic heterocycles. The number of aromatic nitrogens is 6. The minimum atomic E-state index is 0.333. The molecule has 0 unspecified atom stereocenters. The summed E-state index contributed by atoms with van der Waals surface area (Å²) in [4.78, 5) is 22.2. The fourth-order valence-electron chi connectivity index (χ4n) is 4.68. The number of H-pyrrole nitrogens is 2. The van der Waals surface area contributed by atoms with Gasteiger partial charge in [0.15, 0.2) is 11.5 Å². The first-order valence-corrected chi connectivity index (χ1v) is 14.0. The summed E-state index contributed by atoms with van der Waals surface area (Å²) < 4.78 is 0. The maximum Gasteiger partial charge on any atom is 0.181 e. The largest absolute Gasteiger partial charge is 0.369 e. The van der Waals surface area contributed by atoms with Crippen LogP contribution in [-0.2, 0) is 6.54 Å². The van der Waals surface area contributed by atoms with E-state index in [1.54, 1.807) is 0 Å². The summed E-state index contributed by atoms with van der Waals surface area (Å²) in [7, 11) is 2.17. The number of aromatic amines is 2. The lowest BCUT2D eigenvalue weighted by Gasteiger charge is -2.34. The number of rotatable bonds is 6. The van der Waals surface area contributed by atoms with Crippen molar-refractivity contribution in [2.45, 2.75) is 46.3 Å². The molecule has 210 valence electrons. The summed E-state index contributed by atoms with van der Waals surface area (Å²) in [5.74, 6) is 0.759. The van der Waals surface area contributed by atoms with Gasteiger partial charge in [-0.05, 0) is 49.0 Å². The summed E-state index contributed by atoms with van der Waals surface area (Å²) in [5.41, 5.74) is 13.0. The Morgan fingerprint density at radius 2 is 1.73 bits per heavy atom. The minimum Gasteiger partial charge on any atom is -0.369 e. The Bertz CT molecular complexity index is 1560. The summed E-state index contributed by atoms with van der Waals surface area (Å²) in [6, 6.07) is 11.5. The molecule has 0 radical (unpaired) electrons. The Kier molecular flexibility index (Phi) is 8.39. The predicted molar refractivity (Wildman–Crippen MR) is 163 cm³/mol. The first-order chi connectivity index (χ1) is 19.3. The first kappa shape index (κ1) is 27.7. The van der Waals surface area contributed by atoms with Gasteiger partial charge in [-0.1, -0.05) is 27.7 Å². The molecule has 10 heteroatoms. The minimum absolute atomic E-state index is 0.333. The summed E-state index contributed by atoms with van der Waals surface area (Å²) in [5, 5.41) is 12.0. The molecule has 1 saturated heterocycles. The smallest absolute Gasteiger partial charge is 0.181 e. The standard InChI is InChI=1S/C27H31N9.C3H9N/c1-17(2)29-14-18-10-19(15-28-13-18)20-11-22-25(33-34-26(22)30-16-20)27-31-23-5-4-21(12-24(23)32-27)36-8-6-35(3)7-9-36;1-3(2)4/h4-5,10-13,15-17,29H,6-9,14H2,1-3H3,(H,31,32)(H,30,33,34);3H,4H2,1-2H3. The predicted octanol–water partition coefficient (Wildman–Crippen LogP) is 4.17. The molecule has 5 heterocycles. The maximum atomic E-state index is 5.11. The highest BCUT2D eigenvalue weighted by atomic mass is 15.2. The van der Waals surface area contributed by atoms with Gasteiger partial charge in [-0.2, -0.15) is 5.10 Å². The molecule has 0 atom stereocenters. The van der Waals surface area contributed by atoms with E-state index in [-0.39, 0.29) is 0 Å². The highest BCUT2D eigenvalue weighted by Gasteiger charge is 2.17. The molecule has 5 aromatic rings. The molecule has 5 N–H and O–H groups in total. The summed E-state index contributed by atoms with van der Waals surface area (Å²) >= 11 is 0. The second kappa shape index (κ2) is 12.1. The lowest BCUT2D eigenvalue weighted by molar-refractivity contribution is 0.313. The number of piperazine rings is 1. The Morgan fingerprint density at radius 1 is 0.975 bits per heavy atom. The monoisotopic (exact) mass is 540 g/mol. The number of likely N-dealkylation sites (N-methyl/N-ethyl adjacent to an activating group) is 1. The van der Waals surface area contributed by atoms with Crippen LogP contribution < -0.4 is 16.0 Å². The van der Waals surface area contributed by atoms with Crippen molar-refractivity contribution in [2.75, 3.05) is 38.1 Å². The van der Waals surface area contributed by atoms with Crippen LogP contribution >= 0.6 is 0 Å². The third kappa shape index (κ3) is 6.47. The van der Waals surface area contributed by atoms with E-state index in [2.05, 4.69) is 91.5 Å². The molecule has 0 bridgehead atoms. The molecule has 0 saturated carbocycles. The molecule has 1 aromatic carbocycles. The van der Waals surface area contributed by atoms with Crippen LogP contribution in [0.4, 0.5) is 5.69 Å². The SMILES string of the molecule is CC(C)N.CC(C)NCc1cncc(-c2cnc3n[nH]c(-c4nc5ccc(N6CCN(C)CC6)cc5[nH]4)c3c2)c1. The van der Waals surface area contributed by atoms with Gasteiger partial charge in [-0.25, -0.2) is 9.97 Å². The van der Waals surface area contributed by atoms with E-state index in [4.69, 9.17) is 10.7 Å². The van der Waals surface area contributed by atoms with E-state index >= 15 is 0 Å². The van der Waals surface area contributed by atoms with Crippen LogP contribution in [0.3, 0.4) is 0 Å². The third-order valence-electron chi connectivity index (χ3n) is 6.82. The highest BCUT2D eigenvalue weighted by Crippen LogP contribution is 2.30. The molecular weight excluding hydrogens is 500 g/mol. The topological polar surface area (TPSA) is 128 Å². The molecule has 0 spiro atoms. The molecule has 1 fully saturated rings. The molecule has 1 aliphatic heterocycles. The Labute approximate surface area is 235 Å². The van der Waals surface area contributed by atoms with E-state index in [1.165, 1.54) is 5.69 Å². The molecule has 1 aliphatic rings. The number of nitrogens with two attached hydrogens (primary N) is 1. The molecule has 10 nitrogen and oxygen atoms in total. The number of benzene rings is 1. The Morgan fingerprint density at radius 3 is 2.48 bits per heavy atom. The van der Waals surface area contributed by atoms with Crippen molar-refractivity contribution in [2.24, 2.45) is 5.73 Å². The van der Waals surface area contributed by atoms with Crippen LogP contribution in [0.15, 0.2) is 48.9 Å². The first-order valence-electron chi connectivity index (χ1n) is 14.0. The second-order valence-corrected chi connectivity index (χ2v) is 11.1. The summed E-state index contributed by atoms with van der Waals surface area (Å²) in [6.07, 6.45) is 5.63. The van der Waals surface area contributed by atoms with Gasteiger partial charge in [0.1, 0.15) is 5.69 Å². The van der Waals surface area contributed by atoms with Crippen LogP contribution in [0.1, 0.15) is 33.3 Å². The highest BCUT2D eigenvalue weighted by molar-refractivity contribution is 5.93. The zero-order valence-corrected chi connectivity index (χ0v) is 24.1. The number of imidazole rings is 1. The molecule has 40 heavy (non-hydrogen) atoms. The number of nitrogens with one attached hydrogen (secondary N) is 3. The van der Waals surface area contributed by atoms with Crippen molar-refractivity contribution in [3.8, 4) is 22.6 Å². The van der Waals surface area contributed by atoms with Crippen molar-refractivity contribution in [3.63, 3.8) is 0 Å². The lowest BCUT2D eigenvalue weighted by atomic mass is 10.1. The molecular formula is C30H40N10. The van der Waals surface area contributed by atoms with Gasteiger partial charge in [0.25, 0.3) is 0 Å². The van der Waals surface area contributed by atoms with E-state index in [0.717, 1.165) is 77.4 Å². The van der Waals surface area contributed by atoms with Gasteiger partial charge in [0, 0.05) is 74.2 Å². The quantitative estimate of drug-likeness (QED) is 0.253. The third-order valence-corrected chi connectivity index (χ3v) is 6.82. The van der Waals surface area contributed by atoms with Gasteiger partial charge in [-0.15, -0.1) is 0 Å². The van der Waals surface area contributed by atoms with Crippen LogP contribution in [-0.4, -0.2) is 80.3 Å². The van der Waals surface area contributed by atoms with Crippen LogP contribution in [0, 0.1) is 0 Å². The van der Waals surface area contributed by atoms with E-state index in [9.17, 15) is 0 Å². The second-order valence-electron chi connectivity index (χ2n) is 11.1. The number of anilines is 1. The summed E-state index contributed by atoms with van der Waals surface area (Å²) in [6.45, 7) is 13.2. The Hall–Kier alpha value is -3.86. The average Bonchev–Trinajstić information content (AvgIpc) is 3.55. The van der Waals surface area contributed by atoms with E-state index in [0.29, 0.717) is 17.7 Å². The number of nitrogens with zero attached hydrogens (tertiary/aromatic N) is 6. The van der Waals surface area contributed by atoms with Crippen LogP contribution in [0.2, 0.25) is 0 Å². The van der Waals surface area contributed by atoms with Crippen molar-refractivity contribution in [1.82, 2.24) is 40.3 Å². The zero-order chi connectivity index (χ0) is 28.2. The Balaban J connectivity index is 0.000000758. The number of fused-ring (bicyclic) bond motifs is 2. The van der Waals surface area contributed by atoms with Gasteiger partial charge >= 0.3 is 0 Å². The zero-order valence-electron chi connectivity index (χ0n) is 24.1. The fraction of sp³-hybridized carbons (Fsp3) is 0.400. The molecule has 0 amide bonds. The van der Waals surface area contributed by atoms with Crippen LogP contribution in [0.25, 0.3) is 44.7 Å². The van der Waals surface area contributed by atoms with E-state index in [1.807, 2.05) is 32.4 Å². The van der Waals surface area contributed by atoms with Crippen molar-refractivity contribution in [1.29, 1.82) is 0 Å². The van der Waals surface area contributed by atoms with Crippen molar-refractivity contribution in [3.05, 3.63) is 54.5 Å². The maximum absolute atomic E-state index is 5.11. The number of pyridine rings is 2.